The molecular weight excluding hydrogens is 276 g/mol. The van der Waals surface area contributed by atoms with E-state index in [4.69, 9.17) is 10.00 Å². The molecule has 0 atom stereocenters. The number of aryl methyl sites for hydroxylation is 1. The van der Waals surface area contributed by atoms with Crippen LogP contribution in [0.1, 0.15) is 17.5 Å². The summed E-state index contributed by atoms with van der Waals surface area (Å²) in [6.07, 6.45) is 0.659. The number of amides is 1. The third-order valence-electron chi connectivity index (χ3n) is 3.20. The summed E-state index contributed by atoms with van der Waals surface area (Å²) in [6, 6.07) is 17.1. The molecule has 0 bridgehead atoms. The monoisotopic (exact) mass is 294 g/mol. The number of carbonyl (C=O) groups excluding carboxylic acids is 1. The van der Waals surface area contributed by atoms with Crippen molar-refractivity contribution in [3.8, 4) is 11.8 Å². The first-order valence-electron chi connectivity index (χ1n) is 7.13. The standard InChI is InChI=1S/C18H18N2O2/c1-14-4-2-3-5-17(14)22-13-11-18(21)20-16-8-6-15(7-9-16)10-12-19/h2-9H,10-11,13H2,1H3,(H,20,21). The van der Waals surface area contributed by atoms with Gasteiger partial charge in [0, 0.05) is 5.69 Å². The number of ether oxygens (including phenoxy) is 1. The highest BCUT2D eigenvalue weighted by atomic mass is 16.5. The van der Waals surface area contributed by atoms with Crippen LogP contribution >= 0.6 is 0 Å². The fraction of sp³-hybridized carbons (Fsp3) is 0.222. The number of hydrogen-bond acceptors (Lipinski definition) is 3. The van der Waals surface area contributed by atoms with Gasteiger partial charge in [-0.3, -0.25) is 4.79 Å². The highest BCUT2D eigenvalue weighted by Crippen LogP contribution is 2.16. The molecule has 0 aliphatic heterocycles. The number of hydrogen-bond donors (Lipinski definition) is 1. The van der Waals surface area contributed by atoms with E-state index < -0.39 is 0 Å². The number of para-hydroxylation sites is 1. The molecule has 1 amide bonds. The number of carbonyl (C=O) groups is 1. The molecule has 112 valence electrons. The second-order valence-corrected chi connectivity index (χ2v) is 4.94. The summed E-state index contributed by atoms with van der Waals surface area (Å²) in [4.78, 5) is 11.9. The lowest BCUT2D eigenvalue weighted by atomic mass is 10.1. The lowest BCUT2D eigenvalue weighted by molar-refractivity contribution is -0.116. The maximum atomic E-state index is 11.9. The molecular formula is C18H18N2O2. The lowest BCUT2D eigenvalue weighted by Crippen LogP contribution is -2.15. The quantitative estimate of drug-likeness (QED) is 0.887. The van der Waals surface area contributed by atoms with Crippen molar-refractivity contribution in [2.24, 2.45) is 0 Å². The summed E-state index contributed by atoms with van der Waals surface area (Å²) in [7, 11) is 0. The molecule has 0 fully saturated rings. The van der Waals surface area contributed by atoms with Crippen molar-refractivity contribution in [2.75, 3.05) is 11.9 Å². The van der Waals surface area contributed by atoms with Crippen LogP contribution in [0.4, 0.5) is 5.69 Å². The summed E-state index contributed by atoms with van der Waals surface area (Å²) >= 11 is 0. The van der Waals surface area contributed by atoms with Gasteiger partial charge >= 0.3 is 0 Å². The zero-order valence-electron chi connectivity index (χ0n) is 12.5. The van der Waals surface area contributed by atoms with Gasteiger partial charge in [0.25, 0.3) is 0 Å². The molecule has 4 heteroatoms. The van der Waals surface area contributed by atoms with E-state index >= 15 is 0 Å². The third kappa shape index (κ3) is 4.64. The smallest absolute Gasteiger partial charge is 0.227 e. The van der Waals surface area contributed by atoms with Crippen LogP contribution in [0.3, 0.4) is 0 Å². The van der Waals surface area contributed by atoms with Crippen molar-refractivity contribution in [1.29, 1.82) is 5.26 Å². The van der Waals surface area contributed by atoms with Gasteiger partial charge in [0.1, 0.15) is 5.75 Å². The highest BCUT2D eigenvalue weighted by Gasteiger charge is 2.04. The van der Waals surface area contributed by atoms with Gasteiger partial charge in [-0.05, 0) is 36.2 Å². The van der Waals surface area contributed by atoms with Crippen molar-refractivity contribution < 1.29 is 9.53 Å². The number of nitrogens with one attached hydrogen (secondary N) is 1. The summed E-state index contributed by atoms with van der Waals surface area (Å²) in [5.41, 5.74) is 2.71. The minimum absolute atomic E-state index is 0.0957. The Kier molecular flexibility index (Phi) is 5.56. The van der Waals surface area contributed by atoms with E-state index in [0.29, 0.717) is 13.0 Å². The van der Waals surface area contributed by atoms with Gasteiger partial charge in [0.15, 0.2) is 0 Å². The topological polar surface area (TPSA) is 62.1 Å². The zero-order chi connectivity index (χ0) is 15.8. The molecule has 2 aromatic carbocycles. The number of benzene rings is 2. The molecule has 22 heavy (non-hydrogen) atoms. The Labute approximate surface area is 130 Å². The average Bonchev–Trinajstić information content (AvgIpc) is 2.51. The maximum Gasteiger partial charge on any atom is 0.227 e. The fourth-order valence-corrected chi connectivity index (χ4v) is 1.99. The largest absolute Gasteiger partial charge is 0.493 e. The Bertz CT molecular complexity index is 672. The van der Waals surface area contributed by atoms with Gasteiger partial charge in [-0.15, -0.1) is 0 Å². The molecule has 2 aromatic rings. The summed E-state index contributed by atoms with van der Waals surface area (Å²) in [6.45, 7) is 2.31. The van der Waals surface area contributed by atoms with Crippen LogP contribution in [0.5, 0.6) is 5.75 Å². The van der Waals surface area contributed by atoms with E-state index in [2.05, 4.69) is 11.4 Å². The first-order valence-corrected chi connectivity index (χ1v) is 7.13. The van der Waals surface area contributed by atoms with Crippen LogP contribution in [-0.4, -0.2) is 12.5 Å². The van der Waals surface area contributed by atoms with Crippen molar-refractivity contribution in [3.63, 3.8) is 0 Å². The normalized spacial score (nSPS) is 9.82. The molecule has 0 saturated heterocycles. The van der Waals surface area contributed by atoms with Crippen LogP contribution in [-0.2, 0) is 11.2 Å². The van der Waals surface area contributed by atoms with Crippen LogP contribution in [0.15, 0.2) is 48.5 Å². The first-order chi connectivity index (χ1) is 10.7. The molecule has 0 spiro atoms. The van der Waals surface area contributed by atoms with Crippen LogP contribution in [0.25, 0.3) is 0 Å². The van der Waals surface area contributed by atoms with Crippen LogP contribution < -0.4 is 10.1 Å². The van der Waals surface area contributed by atoms with E-state index in [0.717, 1.165) is 22.6 Å². The SMILES string of the molecule is Cc1ccccc1OCCC(=O)Nc1ccc(CC#N)cc1. The van der Waals surface area contributed by atoms with Crippen molar-refractivity contribution in [2.45, 2.75) is 19.8 Å². The van der Waals surface area contributed by atoms with Gasteiger partial charge in [0.2, 0.25) is 5.91 Å². The van der Waals surface area contributed by atoms with Gasteiger partial charge in [-0.1, -0.05) is 30.3 Å². The van der Waals surface area contributed by atoms with Gasteiger partial charge in [-0.2, -0.15) is 5.26 Å². The number of nitriles is 1. The lowest BCUT2D eigenvalue weighted by Gasteiger charge is -2.09. The van der Waals surface area contributed by atoms with E-state index in [9.17, 15) is 4.79 Å². The molecule has 0 aromatic heterocycles. The fourth-order valence-electron chi connectivity index (χ4n) is 1.99. The summed E-state index contributed by atoms with van der Waals surface area (Å²) in [5.74, 6) is 0.706. The molecule has 0 radical (unpaired) electrons. The number of anilines is 1. The van der Waals surface area contributed by atoms with Gasteiger partial charge in [-0.25, -0.2) is 0 Å². The number of nitrogens with zero attached hydrogens (tertiary/aromatic N) is 1. The minimum Gasteiger partial charge on any atom is -0.493 e. The molecule has 0 aliphatic rings. The molecule has 0 heterocycles. The number of rotatable bonds is 6. The minimum atomic E-state index is -0.0957. The maximum absolute atomic E-state index is 11.9. The van der Waals surface area contributed by atoms with Crippen LogP contribution in [0, 0.1) is 18.3 Å². The Hall–Kier alpha value is -2.80. The van der Waals surface area contributed by atoms with Crippen molar-refractivity contribution in [1.82, 2.24) is 0 Å². The Balaban J connectivity index is 1.78. The Morgan fingerprint density at radius 3 is 2.59 bits per heavy atom. The molecule has 0 saturated carbocycles. The average molecular weight is 294 g/mol. The first kappa shape index (κ1) is 15.6. The Morgan fingerprint density at radius 1 is 1.18 bits per heavy atom. The Morgan fingerprint density at radius 2 is 1.91 bits per heavy atom. The highest BCUT2D eigenvalue weighted by molar-refractivity contribution is 5.90. The summed E-state index contributed by atoms with van der Waals surface area (Å²) < 4.78 is 5.60. The predicted molar refractivity (Wildman–Crippen MR) is 85.7 cm³/mol. The van der Waals surface area contributed by atoms with Gasteiger partial charge in [0.05, 0.1) is 25.5 Å². The molecule has 2 rings (SSSR count). The van der Waals surface area contributed by atoms with E-state index in [1.807, 2.05) is 43.3 Å². The van der Waals surface area contributed by atoms with Crippen molar-refractivity contribution >= 4 is 11.6 Å². The predicted octanol–water partition coefficient (Wildman–Crippen LogP) is 3.47. The second kappa shape index (κ2) is 7.84. The summed E-state index contributed by atoms with van der Waals surface area (Å²) in [5, 5.41) is 11.4. The second-order valence-electron chi connectivity index (χ2n) is 4.94. The van der Waals surface area contributed by atoms with E-state index in [1.165, 1.54) is 0 Å². The van der Waals surface area contributed by atoms with E-state index in [-0.39, 0.29) is 12.3 Å². The zero-order valence-corrected chi connectivity index (χ0v) is 12.5. The molecule has 0 aliphatic carbocycles. The van der Waals surface area contributed by atoms with Crippen molar-refractivity contribution in [3.05, 3.63) is 59.7 Å². The van der Waals surface area contributed by atoms with Crippen LogP contribution in [0.2, 0.25) is 0 Å². The van der Waals surface area contributed by atoms with Gasteiger partial charge < -0.3 is 10.1 Å². The van der Waals surface area contributed by atoms with E-state index in [1.54, 1.807) is 12.1 Å². The molecule has 0 unspecified atom stereocenters. The third-order valence-corrected chi connectivity index (χ3v) is 3.20. The molecule has 1 N–H and O–H groups in total. The molecule has 4 nitrogen and oxygen atoms in total.